The van der Waals surface area contributed by atoms with Gasteiger partial charge in [-0.3, -0.25) is 4.79 Å². The van der Waals surface area contributed by atoms with Crippen molar-refractivity contribution in [2.24, 2.45) is 5.92 Å². The lowest BCUT2D eigenvalue weighted by molar-refractivity contribution is -0.0940. The van der Waals surface area contributed by atoms with Crippen LogP contribution in [0, 0.1) is 5.92 Å². The second-order valence-electron chi connectivity index (χ2n) is 5.96. The van der Waals surface area contributed by atoms with Gasteiger partial charge in [-0.25, -0.2) is 8.42 Å². The Balaban J connectivity index is 1.81. The van der Waals surface area contributed by atoms with Crippen LogP contribution >= 0.6 is 0 Å². The summed E-state index contributed by atoms with van der Waals surface area (Å²) in [4.78, 5) is 11.7. The average Bonchev–Trinajstić information content (AvgIpc) is 3.09. The molecule has 2 saturated heterocycles. The molecule has 2 fully saturated rings. The van der Waals surface area contributed by atoms with Gasteiger partial charge in [-0.1, -0.05) is 12.1 Å². The summed E-state index contributed by atoms with van der Waals surface area (Å²) in [5, 5.41) is 0. The molecule has 126 valence electrons. The largest absolute Gasteiger partial charge is 0.350 e. The van der Waals surface area contributed by atoms with Crippen LogP contribution in [0.25, 0.3) is 0 Å². The number of rotatable bonds is 4. The maximum absolute atomic E-state index is 12.9. The minimum absolute atomic E-state index is 0.0528. The maximum Gasteiger partial charge on any atom is 0.243 e. The first kappa shape index (κ1) is 16.6. The van der Waals surface area contributed by atoms with E-state index in [4.69, 9.17) is 9.47 Å². The Morgan fingerprint density at radius 2 is 2.00 bits per heavy atom. The number of ether oxygens (including phenoxy) is 2. The summed E-state index contributed by atoms with van der Waals surface area (Å²) < 4.78 is 38.2. The lowest BCUT2D eigenvalue weighted by Crippen LogP contribution is -2.43. The van der Waals surface area contributed by atoms with E-state index >= 15 is 0 Å². The van der Waals surface area contributed by atoms with Crippen LogP contribution in [0.4, 0.5) is 0 Å². The van der Waals surface area contributed by atoms with Gasteiger partial charge in [-0.15, -0.1) is 0 Å². The number of Topliss-reactive ketones (excluding diaryl/α,β-unsaturated/α-hetero) is 1. The molecule has 7 heteroatoms. The van der Waals surface area contributed by atoms with Gasteiger partial charge in [0.15, 0.2) is 12.1 Å². The van der Waals surface area contributed by atoms with Gasteiger partial charge >= 0.3 is 0 Å². The summed E-state index contributed by atoms with van der Waals surface area (Å²) in [7, 11) is -3.61. The molecule has 1 aromatic rings. The first-order valence-corrected chi connectivity index (χ1v) is 9.27. The molecule has 23 heavy (non-hydrogen) atoms. The fraction of sp³-hybridized carbons (Fsp3) is 0.562. The van der Waals surface area contributed by atoms with Crippen molar-refractivity contribution in [3.05, 3.63) is 29.8 Å². The molecule has 0 radical (unpaired) electrons. The van der Waals surface area contributed by atoms with E-state index in [0.29, 0.717) is 31.9 Å². The van der Waals surface area contributed by atoms with Crippen LogP contribution < -0.4 is 0 Å². The molecule has 0 aromatic heterocycles. The SMILES string of the molecule is CC(=O)c1cccc(S(=O)(=O)N2CCC[C@H](C3OCCO3)C2)c1. The summed E-state index contributed by atoms with van der Waals surface area (Å²) in [6.45, 7) is 3.42. The number of hydrogen-bond acceptors (Lipinski definition) is 5. The van der Waals surface area contributed by atoms with E-state index in [1.807, 2.05) is 0 Å². The van der Waals surface area contributed by atoms with E-state index < -0.39 is 10.0 Å². The third kappa shape index (κ3) is 3.47. The van der Waals surface area contributed by atoms with Crippen LogP contribution in [0.1, 0.15) is 30.1 Å². The van der Waals surface area contributed by atoms with Gasteiger partial charge in [0.05, 0.1) is 18.1 Å². The molecule has 0 aliphatic carbocycles. The van der Waals surface area contributed by atoms with Gasteiger partial charge < -0.3 is 9.47 Å². The van der Waals surface area contributed by atoms with E-state index in [1.165, 1.54) is 23.4 Å². The van der Waals surface area contributed by atoms with Crippen LogP contribution in [0.3, 0.4) is 0 Å². The molecule has 0 N–H and O–H groups in total. The zero-order valence-electron chi connectivity index (χ0n) is 13.1. The smallest absolute Gasteiger partial charge is 0.243 e. The second-order valence-corrected chi connectivity index (χ2v) is 7.90. The molecule has 0 unspecified atom stereocenters. The van der Waals surface area contributed by atoms with Crippen LogP contribution in [0.2, 0.25) is 0 Å². The van der Waals surface area contributed by atoms with Crippen molar-refractivity contribution >= 4 is 15.8 Å². The summed E-state index contributed by atoms with van der Waals surface area (Å²) in [6, 6.07) is 6.21. The number of nitrogens with zero attached hydrogens (tertiary/aromatic N) is 1. The van der Waals surface area contributed by atoms with Crippen molar-refractivity contribution in [2.45, 2.75) is 31.0 Å². The summed E-state index contributed by atoms with van der Waals surface area (Å²) in [6.07, 6.45) is 1.36. The van der Waals surface area contributed by atoms with E-state index in [-0.39, 0.29) is 22.9 Å². The number of ketones is 1. The van der Waals surface area contributed by atoms with E-state index in [9.17, 15) is 13.2 Å². The molecular weight excluding hydrogens is 318 g/mol. The van der Waals surface area contributed by atoms with Gasteiger partial charge in [0, 0.05) is 24.6 Å². The van der Waals surface area contributed by atoms with Crippen LogP contribution in [-0.2, 0) is 19.5 Å². The van der Waals surface area contributed by atoms with Gasteiger partial charge in [0.25, 0.3) is 0 Å². The van der Waals surface area contributed by atoms with Crippen LogP contribution in [0.5, 0.6) is 0 Å². The number of piperidine rings is 1. The zero-order chi connectivity index (χ0) is 16.4. The van der Waals surface area contributed by atoms with Crippen LogP contribution in [0.15, 0.2) is 29.2 Å². The topological polar surface area (TPSA) is 72.9 Å². The fourth-order valence-corrected chi connectivity index (χ4v) is 4.67. The standard InChI is InChI=1S/C16H21NO5S/c1-12(18)13-4-2-6-15(10-13)23(19,20)17-7-3-5-14(11-17)16-21-8-9-22-16/h2,4,6,10,14,16H,3,5,7-9,11H2,1H3/t14-/m0/s1. The van der Waals surface area contributed by atoms with E-state index in [0.717, 1.165) is 12.8 Å². The number of sulfonamides is 1. The third-order valence-corrected chi connectivity index (χ3v) is 6.19. The first-order chi connectivity index (χ1) is 11.0. The number of benzene rings is 1. The normalized spacial score (nSPS) is 24.0. The average molecular weight is 339 g/mol. The monoisotopic (exact) mass is 339 g/mol. The van der Waals surface area contributed by atoms with Gasteiger partial charge in [0.1, 0.15) is 0 Å². The molecule has 0 saturated carbocycles. The highest BCUT2D eigenvalue weighted by molar-refractivity contribution is 7.89. The molecule has 2 aliphatic rings. The van der Waals surface area contributed by atoms with Crippen molar-refractivity contribution in [1.29, 1.82) is 0 Å². The highest BCUT2D eigenvalue weighted by Gasteiger charge is 2.36. The Morgan fingerprint density at radius 3 is 2.70 bits per heavy atom. The van der Waals surface area contributed by atoms with Crippen molar-refractivity contribution < 1.29 is 22.7 Å². The Bertz CT molecular complexity index is 681. The number of carbonyl (C=O) groups excluding carboxylic acids is 1. The molecule has 6 nitrogen and oxygen atoms in total. The molecular formula is C16H21NO5S. The van der Waals surface area contributed by atoms with Crippen molar-refractivity contribution in [3.8, 4) is 0 Å². The predicted molar refractivity (Wildman–Crippen MR) is 83.6 cm³/mol. The molecule has 0 spiro atoms. The first-order valence-electron chi connectivity index (χ1n) is 7.83. The molecule has 1 atom stereocenters. The molecule has 2 heterocycles. The summed E-state index contributed by atoms with van der Waals surface area (Å²) in [5.41, 5.74) is 0.405. The van der Waals surface area contributed by atoms with Crippen molar-refractivity contribution in [2.75, 3.05) is 26.3 Å². The summed E-state index contributed by atoms with van der Waals surface area (Å²) in [5.74, 6) is -0.0941. The minimum Gasteiger partial charge on any atom is -0.350 e. The van der Waals surface area contributed by atoms with Gasteiger partial charge in [-0.05, 0) is 31.9 Å². The van der Waals surface area contributed by atoms with Gasteiger partial charge in [0.2, 0.25) is 10.0 Å². The highest BCUT2D eigenvalue weighted by Crippen LogP contribution is 2.28. The second kappa shape index (κ2) is 6.68. The van der Waals surface area contributed by atoms with E-state index in [1.54, 1.807) is 12.1 Å². The number of carbonyl (C=O) groups is 1. The number of hydrogen-bond donors (Lipinski definition) is 0. The van der Waals surface area contributed by atoms with E-state index in [2.05, 4.69) is 0 Å². The molecule has 1 aromatic carbocycles. The fourth-order valence-electron chi connectivity index (χ4n) is 3.09. The molecule has 0 amide bonds. The highest BCUT2D eigenvalue weighted by atomic mass is 32.2. The maximum atomic E-state index is 12.9. The van der Waals surface area contributed by atoms with Crippen molar-refractivity contribution in [3.63, 3.8) is 0 Å². The molecule has 0 bridgehead atoms. The summed E-state index contributed by atoms with van der Waals surface area (Å²) >= 11 is 0. The predicted octanol–water partition coefficient (Wildman–Crippen LogP) is 1.66. The Kier molecular flexibility index (Phi) is 4.82. The Morgan fingerprint density at radius 1 is 1.26 bits per heavy atom. The quantitative estimate of drug-likeness (QED) is 0.780. The van der Waals surface area contributed by atoms with Crippen LogP contribution in [-0.4, -0.2) is 51.1 Å². The molecule has 3 rings (SSSR count). The molecule has 2 aliphatic heterocycles. The third-order valence-electron chi connectivity index (χ3n) is 4.33. The minimum atomic E-state index is -3.61. The van der Waals surface area contributed by atoms with Gasteiger partial charge in [-0.2, -0.15) is 4.31 Å². The lowest BCUT2D eigenvalue weighted by atomic mass is 9.99. The Hall–Kier alpha value is -1.28. The Labute approximate surface area is 136 Å². The lowest BCUT2D eigenvalue weighted by Gasteiger charge is -2.33. The van der Waals surface area contributed by atoms with Crippen molar-refractivity contribution in [1.82, 2.24) is 4.31 Å². The zero-order valence-corrected chi connectivity index (χ0v) is 13.9.